The maximum absolute atomic E-state index is 12.3. The number of para-hydroxylation sites is 2. The molecule has 0 saturated carbocycles. The molecule has 1 aliphatic heterocycles. The molecule has 1 aromatic heterocycles. The zero-order valence-corrected chi connectivity index (χ0v) is 16.3. The summed E-state index contributed by atoms with van der Waals surface area (Å²) < 4.78 is 0. The molecule has 0 spiro atoms. The lowest BCUT2D eigenvalue weighted by atomic mass is 10.1. The van der Waals surface area contributed by atoms with Gasteiger partial charge in [-0.25, -0.2) is 4.98 Å². The van der Waals surface area contributed by atoms with Crippen molar-refractivity contribution >= 4 is 16.9 Å². The fraction of sp³-hybridized carbons (Fsp3) is 0.391. The van der Waals surface area contributed by atoms with Gasteiger partial charge in [0.1, 0.15) is 5.82 Å². The minimum atomic E-state index is 0.0106. The number of nitrogens with zero attached hydrogens (tertiary/aromatic N) is 2. The average molecular weight is 377 g/mol. The fourth-order valence-corrected chi connectivity index (χ4v) is 3.83. The number of fused-ring (bicyclic) bond motifs is 1. The standard InChI is InChI=1S/C23H28N4O/c28-23(24-13-3-4-14-27-15-5-6-16-27)19-11-9-18(10-12-19)17-22-25-20-7-1-2-8-21(20)26-22/h1-2,7-12H,3-6,13-17H2,(H,24,28)(H,25,26). The zero-order chi connectivity index (χ0) is 19.2. The summed E-state index contributed by atoms with van der Waals surface area (Å²) in [5, 5.41) is 3.04. The predicted octanol–water partition coefficient (Wildman–Crippen LogP) is 3.76. The van der Waals surface area contributed by atoms with Crippen LogP contribution in [0, 0.1) is 0 Å². The molecule has 1 saturated heterocycles. The maximum Gasteiger partial charge on any atom is 0.251 e. The highest BCUT2D eigenvalue weighted by molar-refractivity contribution is 5.94. The van der Waals surface area contributed by atoms with E-state index < -0.39 is 0 Å². The second kappa shape index (κ2) is 9.02. The minimum absolute atomic E-state index is 0.0106. The number of amides is 1. The van der Waals surface area contributed by atoms with Gasteiger partial charge in [-0.15, -0.1) is 0 Å². The molecule has 0 bridgehead atoms. The van der Waals surface area contributed by atoms with Gasteiger partial charge >= 0.3 is 0 Å². The monoisotopic (exact) mass is 376 g/mol. The molecule has 146 valence electrons. The van der Waals surface area contributed by atoms with Crippen LogP contribution in [0.1, 0.15) is 47.4 Å². The lowest BCUT2D eigenvalue weighted by Crippen LogP contribution is -2.26. The number of unbranched alkanes of at least 4 members (excludes halogenated alkanes) is 1. The lowest BCUT2D eigenvalue weighted by molar-refractivity contribution is 0.0952. The quantitative estimate of drug-likeness (QED) is 0.589. The van der Waals surface area contributed by atoms with Gasteiger partial charge in [-0.3, -0.25) is 4.79 Å². The van der Waals surface area contributed by atoms with Crippen LogP contribution in [0.3, 0.4) is 0 Å². The maximum atomic E-state index is 12.3. The molecule has 2 aromatic carbocycles. The Kier molecular flexibility index (Phi) is 6.02. The van der Waals surface area contributed by atoms with Gasteiger partial charge in [0, 0.05) is 18.5 Å². The number of carbonyl (C=O) groups excluding carboxylic acids is 1. The van der Waals surface area contributed by atoms with Gasteiger partial charge in [0.05, 0.1) is 11.0 Å². The van der Waals surface area contributed by atoms with Gasteiger partial charge in [-0.05, 0) is 75.1 Å². The van der Waals surface area contributed by atoms with Crippen molar-refractivity contribution in [3.8, 4) is 0 Å². The Balaban J connectivity index is 1.23. The first kappa shape index (κ1) is 18.7. The van der Waals surface area contributed by atoms with Gasteiger partial charge < -0.3 is 15.2 Å². The number of aromatic amines is 1. The smallest absolute Gasteiger partial charge is 0.251 e. The lowest BCUT2D eigenvalue weighted by Gasteiger charge is -2.14. The van der Waals surface area contributed by atoms with Crippen molar-refractivity contribution < 1.29 is 4.79 Å². The van der Waals surface area contributed by atoms with E-state index in [1.54, 1.807) is 0 Å². The van der Waals surface area contributed by atoms with Gasteiger partial charge in [0.25, 0.3) is 5.91 Å². The highest BCUT2D eigenvalue weighted by Crippen LogP contribution is 2.14. The number of imidazole rings is 1. The molecule has 0 aliphatic carbocycles. The molecule has 0 atom stereocenters. The van der Waals surface area contributed by atoms with Crippen LogP contribution in [0.5, 0.6) is 0 Å². The van der Waals surface area contributed by atoms with Crippen LogP contribution in [0.4, 0.5) is 0 Å². The van der Waals surface area contributed by atoms with Crippen LogP contribution in [-0.4, -0.2) is 47.0 Å². The summed E-state index contributed by atoms with van der Waals surface area (Å²) in [6.45, 7) is 4.39. The van der Waals surface area contributed by atoms with E-state index in [0.29, 0.717) is 5.56 Å². The number of hydrogen-bond donors (Lipinski definition) is 2. The molecule has 0 radical (unpaired) electrons. The third-order valence-electron chi connectivity index (χ3n) is 5.41. The van der Waals surface area contributed by atoms with E-state index in [-0.39, 0.29) is 5.91 Å². The number of likely N-dealkylation sites (tertiary alicyclic amines) is 1. The van der Waals surface area contributed by atoms with Crippen LogP contribution in [-0.2, 0) is 6.42 Å². The van der Waals surface area contributed by atoms with E-state index in [9.17, 15) is 4.79 Å². The molecule has 1 aliphatic rings. The second-order valence-corrected chi connectivity index (χ2v) is 7.59. The molecule has 5 heteroatoms. The van der Waals surface area contributed by atoms with Crippen molar-refractivity contribution in [2.45, 2.75) is 32.1 Å². The first-order valence-corrected chi connectivity index (χ1v) is 10.3. The Bertz CT molecular complexity index is 877. The molecule has 28 heavy (non-hydrogen) atoms. The number of carbonyl (C=O) groups is 1. The van der Waals surface area contributed by atoms with Crippen molar-refractivity contribution in [2.24, 2.45) is 0 Å². The molecular weight excluding hydrogens is 348 g/mol. The molecule has 5 nitrogen and oxygen atoms in total. The topological polar surface area (TPSA) is 61.0 Å². The summed E-state index contributed by atoms with van der Waals surface area (Å²) in [5.74, 6) is 0.952. The summed E-state index contributed by atoms with van der Waals surface area (Å²) >= 11 is 0. The van der Waals surface area contributed by atoms with Crippen molar-refractivity contribution in [1.29, 1.82) is 0 Å². The molecule has 1 fully saturated rings. The summed E-state index contributed by atoms with van der Waals surface area (Å²) in [6, 6.07) is 15.9. The zero-order valence-electron chi connectivity index (χ0n) is 16.3. The number of rotatable bonds is 8. The summed E-state index contributed by atoms with van der Waals surface area (Å²) in [7, 11) is 0. The van der Waals surface area contributed by atoms with E-state index >= 15 is 0 Å². The van der Waals surface area contributed by atoms with E-state index in [2.05, 4.69) is 20.2 Å². The summed E-state index contributed by atoms with van der Waals surface area (Å²) in [6.07, 6.45) is 5.59. The molecule has 2 N–H and O–H groups in total. The summed E-state index contributed by atoms with van der Waals surface area (Å²) in [5.41, 5.74) is 3.89. The van der Waals surface area contributed by atoms with Crippen LogP contribution < -0.4 is 5.32 Å². The molecule has 1 amide bonds. The SMILES string of the molecule is O=C(NCCCCN1CCCC1)c1ccc(Cc2nc3ccccc3[nH]2)cc1. The van der Waals surface area contributed by atoms with Gasteiger partial charge in [0.15, 0.2) is 0 Å². The second-order valence-electron chi connectivity index (χ2n) is 7.59. The van der Waals surface area contributed by atoms with Crippen molar-refractivity contribution in [3.63, 3.8) is 0 Å². The number of benzene rings is 2. The number of hydrogen-bond acceptors (Lipinski definition) is 3. The van der Waals surface area contributed by atoms with Gasteiger partial charge in [0.2, 0.25) is 0 Å². The van der Waals surface area contributed by atoms with E-state index in [1.807, 2.05) is 48.5 Å². The third-order valence-corrected chi connectivity index (χ3v) is 5.41. The molecule has 2 heterocycles. The van der Waals surface area contributed by atoms with Crippen molar-refractivity contribution in [3.05, 3.63) is 65.5 Å². The molecular formula is C23H28N4O. The van der Waals surface area contributed by atoms with Crippen molar-refractivity contribution in [2.75, 3.05) is 26.2 Å². The highest BCUT2D eigenvalue weighted by Gasteiger charge is 2.10. The Hall–Kier alpha value is -2.66. The Morgan fingerprint density at radius 1 is 1.04 bits per heavy atom. The number of nitrogens with one attached hydrogen (secondary N) is 2. The van der Waals surface area contributed by atoms with Crippen LogP contribution in [0.2, 0.25) is 0 Å². The predicted molar refractivity (Wildman–Crippen MR) is 113 cm³/mol. The van der Waals surface area contributed by atoms with Crippen LogP contribution in [0.15, 0.2) is 48.5 Å². The van der Waals surface area contributed by atoms with E-state index in [1.165, 1.54) is 25.9 Å². The van der Waals surface area contributed by atoms with Crippen LogP contribution in [0.25, 0.3) is 11.0 Å². The van der Waals surface area contributed by atoms with Crippen molar-refractivity contribution in [1.82, 2.24) is 20.2 Å². The fourth-order valence-electron chi connectivity index (χ4n) is 3.83. The molecule has 0 unspecified atom stereocenters. The first-order valence-electron chi connectivity index (χ1n) is 10.3. The first-order chi connectivity index (χ1) is 13.8. The van der Waals surface area contributed by atoms with Gasteiger partial charge in [-0.1, -0.05) is 24.3 Å². The van der Waals surface area contributed by atoms with Gasteiger partial charge in [-0.2, -0.15) is 0 Å². The van der Waals surface area contributed by atoms with E-state index in [4.69, 9.17) is 0 Å². The molecule has 4 rings (SSSR count). The summed E-state index contributed by atoms with van der Waals surface area (Å²) in [4.78, 5) is 22.8. The number of aromatic nitrogens is 2. The Morgan fingerprint density at radius 2 is 1.82 bits per heavy atom. The third kappa shape index (κ3) is 4.78. The number of H-pyrrole nitrogens is 1. The Labute approximate surface area is 166 Å². The average Bonchev–Trinajstić information content (AvgIpc) is 3.37. The minimum Gasteiger partial charge on any atom is -0.352 e. The highest BCUT2D eigenvalue weighted by atomic mass is 16.1. The molecule has 3 aromatic rings. The Morgan fingerprint density at radius 3 is 2.61 bits per heavy atom. The van der Waals surface area contributed by atoms with Crippen LogP contribution >= 0.6 is 0 Å². The normalized spacial score (nSPS) is 14.6. The van der Waals surface area contributed by atoms with E-state index in [0.717, 1.165) is 54.8 Å². The largest absolute Gasteiger partial charge is 0.352 e.